The predicted molar refractivity (Wildman–Crippen MR) is 138 cm³/mol. The van der Waals surface area contributed by atoms with Crippen molar-refractivity contribution >= 4 is 40.4 Å². The van der Waals surface area contributed by atoms with Crippen LogP contribution in [0.15, 0.2) is 42.7 Å². The molecule has 0 unspecified atom stereocenters. The molecule has 190 valence electrons. The Hall–Kier alpha value is -3.50. The summed E-state index contributed by atoms with van der Waals surface area (Å²) in [5.74, 6) is 0.460. The van der Waals surface area contributed by atoms with Gasteiger partial charge in [-0.05, 0) is 51.6 Å². The van der Waals surface area contributed by atoms with E-state index in [0.717, 1.165) is 19.3 Å². The number of nitrogens with zero attached hydrogens (tertiary/aromatic N) is 6. The summed E-state index contributed by atoms with van der Waals surface area (Å²) in [6.07, 6.45) is 8.94. The van der Waals surface area contributed by atoms with Gasteiger partial charge in [-0.25, -0.2) is 4.98 Å². The van der Waals surface area contributed by atoms with E-state index in [0.29, 0.717) is 53.0 Å². The molecule has 1 N–H and O–H groups in total. The lowest BCUT2D eigenvalue weighted by Gasteiger charge is -2.26. The fourth-order valence-corrected chi connectivity index (χ4v) is 4.66. The standard InChI is InChI=1S/C25H30ClN7O3/c1-31(2)13-6-8-21(34)32-14-5-4-7-18(16-32)33-23-19(9-10-20(36-3)22(23)26)29-25(33)30-24(35)17-11-12-27-28-15-17/h6,8-12,15,18H,4-5,7,13-14,16H2,1-3H3,(H,29,30,35)/t18-/m1/s1. The number of imidazole rings is 1. The molecule has 0 aliphatic carbocycles. The van der Waals surface area contributed by atoms with Gasteiger partial charge in [0.15, 0.2) is 0 Å². The summed E-state index contributed by atoms with van der Waals surface area (Å²) < 4.78 is 7.38. The van der Waals surface area contributed by atoms with Gasteiger partial charge in [-0.1, -0.05) is 17.7 Å². The second kappa shape index (κ2) is 11.5. The average Bonchev–Trinajstić information content (AvgIpc) is 3.05. The van der Waals surface area contributed by atoms with Gasteiger partial charge in [0.1, 0.15) is 10.8 Å². The van der Waals surface area contributed by atoms with E-state index in [2.05, 4.69) is 15.5 Å². The Morgan fingerprint density at radius 3 is 2.81 bits per heavy atom. The lowest BCUT2D eigenvalue weighted by molar-refractivity contribution is -0.126. The Morgan fingerprint density at radius 1 is 1.25 bits per heavy atom. The zero-order valence-corrected chi connectivity index (χ0v) is 21.4. The Balaban J connectivity index is 1.73. The van der Waals surface area contributed by atoms with E-state index in [1.165, 1.54) is 12.4 Å². The summed E-state index contributed by atoms with van der Waals surface area (Å²) >= 11 is 6.76. The van der Waals surface area contributed by atoms with Crippen molar-refractivity contribution in [3.05, 3.63) is 53.3 Å². The molecule has 1 aliphatic heterocycles. The summed E-state index contributed by atoms with van der Waals surface area (Å²) in [4.78, 5) is 34.5. The SMILES string of the molecule is COc1ccc2nc(NC(=O)c3ccnnc3)n([C@@H]3CCCCN(C(=O)C=CCN(C)C)C3)c2c1Cl. The molecule has 1 fully saturated rings. The molecule has 0 radical (unpaired) electrons. The molecule has 1 aliphatic rings. The lowest BCUT2D eigenvalue weighted by atomic mass is 10.1. The van der Waals surface area contributed by atoms with Crippen molar-refractivity contribution in [1.82, 2.24) is 29.5 Å². The number of hydrogen-bond donors (Lipinski definition) is 1. The normalized spacial score (nSPS) is 16.5. The van der Waals surface area contributed by atoms with Crippen molar-refractivity contribution in [2.75, 3.05) is 46.2 Å². The van der Waals surface area contributed by atoms with E-state index < -0.39 is 0 Å². The highest BCUT2D eigenvalue weighted by molar-refractivity contribution is 6.36. The number of anilines is 1. The highest BCUT2D eigenvalue weighted by Crippen LogP contribution is 2.38. The van der Waals surface area contributed by atoms with Crippen molar-refractivity contribution in [2.45, 2.75) is 25.3 Å². The maximum absolute atomic E-state index is 13.0. The number of benzene rings is 1. The van der Waals surface area contributed by atoms with E-state index in [9.17, 15) is 9.59 Å². The molecule has 2 aromatic heterocycles. The number of hydrogen-bond acceptors (Lipinski definition) is 7. The van der Waals surface area contributed by atoms with Crippen LogP contribution in [0.2, 0.25) is 5.02 Å². The van der Waals surface area contributed by atoms with Gasteiger partial charge in [-0.2, -0.15) is 10.2 Å². The molecule has 1 atom stereocenters. The second-order valence-corrected chi connectivity index (χ2v) is 9.32. The highest BCUT2D eigenvalue weighted by atomic mass is 35.5. The zero-order valence-electron chi connectivity index (χ0n) is 20.6. The van der Waals surface area contributed by atoms with Gasteiger partial charge in [0.25, 0.3) is 5.91 Å². The first-order valence-corrected chi connectivity index (χ1v) is 12.2. The van der Waals surface area contributed by atoms with Gasteiger partial charge in [-0.3, -0.25) is 14.9 Å². The predicted octanol–water partition coefficient (Wildman–Crippen LogP) is 3.41. The van der Waals surface area contributed by atoms with Gasteiger partial charge in [0, 0.05) is 25.7 Å². The number of halogens is 1. The number of rotatable bonds is 7. The van der Waals surface area contributed by atoms with Crippen molar-refractivity contribution in [3.63, 3.8) is 0 Å². The fraction of sp³-hybridized carbons (Fsp3) is 0.400. The van der Waals surface area contributed by atoms with E-state index in [-0.39, 0.29) is 17.9 Å². The molecule has 1 aromatic carbocycles. The van der Waals surface area contributed by atoms with Crippen LogP contribution in [0, 0.1) is 0 Å². The van der Waals surface area contributed by atoms with E-state index >= 15 is 0 Å². The minimum absolute atomic E-state index is 0.0368. The molecule has 0 spiro atoms. The number of likely N-dealkylation sites (tertiary alicyclic amines) is 1. The number of methoxy groups -OCH3 is 1. The van der Waals surface area contributed by atoms with Crippen LogP contribution in [0.5, 0.6) is 5.75 Å². The van der Waals surface area contributed by atoms with Crippen LogP contribution in [0.25, 0.3) is 11.0 Å². The molecule has 11 heteroatoms. The topological polar surface area (TPSA) is 105 Å². The summed E-state index contributed by atoms with van der Waals surface area (Å²) in [7, 11) is 5.46. The van der Waals surface area contributed by atoms with Crippen LogP contribution < -0.4 is 10.1 Å². The van der Waals surface area contributed by atoms with Gasteiger partial charge >= 0.3 is 0 Å². The minimum Gasteiger partial charge on any atom is -0.495 e. The largest absolute Gasteiger partial charge is 0.495 e. The Bertz CT molecular complexity index is 1260. The smallest absolute Gasteiger partial charge is 0.259 e. The maximum Gasteiger partial charge on any atom is 0.259 e. The van der Waals surface area contributed by atoms with Crippen LogP contribution in [-0.4, -0.2) is 82.2 Å². The van der Waals surface area contributed by atoms with E-state index in [1.807, 2.05) is 40.6 Å². The number of ether oxygens (including phenoxy) is 1. The average molecular weight is 512 g/mol. The number of likely N-dealkylation sites (N-methyl/N-ethyl adjacent to an activating group) is 1. The number of nitrogens with one attached hydrogen (secondary N) is 1. The molecule has 3 heterocycles. The third kappa shape index (κ3) is 5.66. The van der Waals surface area contributed by atoms with Crippen molar-refractivity contribution in [3.8, 4) is 5.75 Å². The van der Waals surface area contributed by atoms with Gasteiger partial charge < -0.3 is 19.1 Å². The summed E-state index contributed by atoms with van der Waals surface area (Å²) in [6, 6.07) is 4.99. The van der Waals surface area contributed by atoms with Gasteiger partial charge in [0.2, 0.25) is 11.9 Å². The van der Waals surface area contributed by atoms with Crippen LogP contribution in [-0.2, 0) is 4.79 Å². The fourth-order valence-electron chi connectivity index (χ4n) is 4.33. The number of amides is 2. The Morgan fingerprint density at radius 2 is 2.08 bits per heavy atom. The minimum atomic E-state index is -0.363. The molecule has 10 nitrogen and oxygen atoms in total. The Kier molecular flexibility index (Phi) is 8.17. The monoisotopic (exact) mass is 511 g/mol. The molecular weight excluding hydrogens is 482 g/mol. The number of fused-ring (bicyclic) bond motifs is 1. The quantitative estimate of drug-likeness (QED) is 0.484. The summed E-state index contributed by atoms with van der Waals surface area (Å²) in [5.41, 5.74) is 1.63. The molecule has 4 rings (SSSR count). The van der Waals surface area contributed by atoms with E-state index in [1.54, 1.807) is 25.3 Å². The molecule has 2 amide bonds. The zero-order chi connectivity index (χ0) is 25.7. The third-order valence-corrected chi connectivity index (χ3v) is 6.47. The van der Waals surface area contributed by atoms with Crippen LogP contribution in [0.3, 0.4) is 0 Å². The first-order chi connectivity index (χ1) is 17.4. The van der Waals surface area contributed by atoms with E-state index in [4.69, 9.17) is 21.3 Å². The van der Waals surface area contributed by atoms with Crippen LogP contribution in [0.4, 0.5) is 5.95 Å². The number of carbonyl (C=O) groups is 2. The summed E-state index contributed by atoms with van der Waals surface area (Å²) in [6.45, 7) is 1.81. The third-order valence-electron chi connectivity index (χ3n) is 6.10. The maximum atomic E-state index is 13.0. The van der Waals surface area contributed by atoms with Gasteiger partial charge in [-0.15, -0.1) is 0 Å². The summed E-state index contributed by atoms with van der Waals surface area (Å²) in [5, 5.41) is 10.8. The van der Waals surface area contributed by atoms with Crippen LogP contribution in [0.1, 0.15) is 35.7 Å². The first kappa shape index (κ1) is 25.6. The molecule has 3 aromatic rings. The molecule has 1 saturated heterocycles. The van der Waals surface area contributed by atoms with Crippen LogP contribution >= 0.6 is 11.6 Å². The molecule has 36 heavy (non-hydrogen) atoms. The highest BCUT2D eigenvalue weighted by Gasteiger charge is 2.28. The van der Waals surface area contributed by atoms with Crippen molar-refractivity contribution in [1.29, 1.82) is 0 Å². The molecule has 0 bridgehead atoms. The van der Waals surface area contributed by atoms with Crippen molar-refractivity contribution < 1.29 is 14.3 Å². The second-order valence-electron chi connectivity index (χ2n) is 8.94. The van der Waals surface area contributed by atoms with Gasteiger partial charge in [0.05, 0.1) is 42.1 Å². The number of carbonyl (C=O) groups excluding carboxylic acids is 2. The lowest BCUT2D eigenvalue weighted by Crippen LogP contribution is -2.34. The Labute approximate surface area is 214 Å². The van der Waals surface area contributed by atoms with Crippen molar-refractivity contribution in [2.24, 2.45) is 0 Å². The first-order valence-electron chi connectivity index (χ1n) is 11.8. The molecular formula is C25H30ClN7O3. The molecule has 0 saturated carbocycles. The number of aromatic nitrogens is 4.